The van der Waals surface area contributed by atoms with E-state index in [1.54, 1.807) is 20.8 Å². The molecule has 1 aromatic carbocycles. The van der Waals surface area contributed by atoms with Crippen LogP contribution in [-0.2, 0) is 4.74 Å². The number of amides is 1. The highest BCUT2D eigenvalue weighted by Crippen LogP contribution is 2.18. The Hall–Kier alpha value is -2.55. The van der Waals surface area contributed by atoms with Crippen LogP contribution in [-0.4, -0.2) is 22.8 Å². The summed E-state index contributed by atoms with van der Waals surface area (Å²) in [6.45, 7) is 5.14. The first-order valence-corrected chi connectivity index (χ1v) is 5.50. The van der Waals surface area contributed by atoms with Gasteiger partial charge >= 0.3 is 12.1 Å². The monoisotopic (exact) mass is 262 g/mol. The zero-order chi connectivity index (χ0) is 14.6. The molecule has 0 saturated carbocycles. The van der Waals surface area contributed by atoms with Crippen molar-refractivity contribution in [1.82, 2.24) is 0 Å². The van der Waals surface area contributed by atoms with E-state index in [-0.39, 0.29) is 16.8 Å². The first kappa shape index (κ1) is 14.5. The highest BCUT2D eigenvalue weighted by molar-refractivity contribution is 5.91. The first-order chi connectivity index (χ1) is 8.73. The number of ether oxygens (including phenoxy) is 1. The second kappa shape index (κ2) is 5.40. The highest BCUT2D eigenvalue weighted by Gasteiger charge is 2.17. The zero-order valence-corrected chi connectivity index (χ0v) is 10.9. The average Bonchev–Trinajstić information content (AvgIpc) is 2.26. The van der Waals surface area contributed by atoms with Crippen molar-refractivity contribution in [1.29, 1.82) is 5.26 Å². The van der Waals surface area contributed by atoms with Crippen molar-refractivity contribution in [3.05, 3.63) is 29.3 Å². The van der Waals surface area contributed by atoms with E-state index in [0.29, 0.717) is 0 Å². The Bertz CT molecular complexity index is 553. The molecular weight excluding hydrogens is 248 g/mol. The summed E-state index contributed by atoms with van der Waals surface area (Å²) >= 11 is 0. The Balaban J connectivity index is 2.94. The van der Waals surface area contributed by atoms with Crippen molar-refractivity contribution in [3.63, 3.8) is 0 Å². The Morgan fingerprint density at radius 3 is 2.47 bits per heavy atom. The van der Waals surface area contributed by atoms with Crippen LogP contribution in [0.1, 0.15) is 36.7 Å². The van der Waals surface area contributed by atoms with Crippen LogP contribution in [0.25, 0.3) is 0 Å². The average molecular weight is 262 g/mol. The van der Waals surface area contributed by atoms with Gasteiger partial charge in [0.2, 0.25) is 0 Å². The third-order valence-corrected chi connectivity index (χ3v) is 2.02. The van der Waals surface area contributed by atoms with Crippen LogP contribution in [0.3, 0.4) is 0 Å². The van der Waals surface area contributed by atoms with Crippen LogP contribution < -0.4 is 5.32 Å². The number of nitrogens with zero attached hydrogens (tertiary/aromatic N) is 1. The van der Waals surface area contributed by atoms with Crippen molar-refractivity contribution in [2.75, 3.05) is 5.32 Å². The summed E-state index contributed by atoms with van der Waals surface area (Å²) in [5.74, 6) is -1.14. The number of nitrogens with one attached hydrogen (secondary N) is 1. The molecule has 0 heterocycles. The number of hydrogen-bond acceptors (Lipinski definition) is 4. The second-order valence-corrected chi connectivity index (χ2v) is 4.80. The van der Waals surface area contributed by atoms with Gasteiger partial charge in [-0.1, -0.05) is 0 Å². The van der Waals surface area contributed by atoms with E-state index in [1.165, 1.54) is 18.2 Å². The summed E-state index contributed by atoms with van der Waals surface area (Å²) in [5, 5.41) is 20.2. The molecule has 0 atom stereocenters. The maximum absolute atomic E-state index is 11.6. The molecule has 0 radical (unpaired) electrons. The predicted octanol–water partition coefficient (Wildman–Crippen LogP) is 2.60. The maximum Gasteiger partial charge on any atom is 0.412 e. The lowest BCUT2D eigenvalue weighted by atomic mass is 10.1. The van der Waals surface area contributed by atoms with Crippen molar-refractivity contribution in [3.8, 4) is 6.07 Å². The van der Waals surface area contributed by atoms with E-state index in [9.17, 15) is 9.59 Å². The minimum absolute atomic E-state index is 0.0220. The molecule has 0 bridgehead atoms. The van der Waals surface area contributed by atoms with Gasteiger partial charge in [0.25, 0.3) is 0 Å². The molecule has 0 aliphatic heterocycles. The summed E-state index contributed by atoms with van der Waals surface area (Å²) in [7, 11) is 0. The zero-order valence-electron chi connectivity index (χ0n) is 10.9. The van der Waals surface area contributed by atoms with E-state index >= 15 is 0 Å². The number of anilines is 1. The van der Waals surface area contributed by atoms with Gasteiger partial charge in [0.1, 0.15) is 11.7 Å². The van der Waals surface area contributed by atoms with Crippen LogP contribution in [0.5, 0.6) is 0 Å². The summed E-state index contributed by atoms with van der Waals surface area (Å²) in [6, 6.07) is 5.67. The van der Waals surface area contributed by atoms with Crippen LogP contribution in [0.4, 0.5) is 10.5 Å². The maximum atomic E-state index is 11.6. The molecule has 0 spiro atoms. The van der Waals surface area contributed by atoms with Crippen LogP contribution >= 0.6 is 0 Å². The number of rotatable bonds is 2. The summed E-state index contributed by atoms with van der Waals surface area (Å²) in [6.07, 6.45) is -0.702. The van der Waals surface area contributed by atoms with E-state index in [2.05, 4.69) is 5.32 Å². The molecule has 1 rings (SSSR count). The van der Waals surface area contributed by atoms with Crippen molar-refractivity contribution in [2.45, 2.75) is 26.4 Å². The van der Waals surface area contributed by atoms with Crippen LogP contribution in [0.2, 0.25) is 0 Å². The number of carboxylic acids is 1. The lowest BCUT2D eigenvalue weighted by Gasteiger charge is -2.20. The number of carbonyl (C=O) groups excluding carboxylic acids is 1. The number of carbonyl (C=O) groups is 2. The Kier molecular flexibility index (Phi) is 4.12. The van der Waals surface area contributed by atoms with Gasteiger partial charge < -0.3 is 9.84 Å². The largest absolute Gasteiger partial charge is 0.478 e. The minimum atomic E-state index is -1.14. The minimum Gasteiger partial charge on any atom is -0.478 e. The van der Waals surface area contributed by atoms with E-state index in [0.717, 1.165) is 0 Å². The smallest absolute Gasteiger partial charge is 0.412 e. The quantitative estimate of drug-likeness (QED) is 0.853. The van der Waals surface area contributed by atoms with Crippen LogP contribution in [0.15, 0.2) is 18.2 Å². The summed E-state index contributed by atoms with van der Waals surface area (Å²) in [4.78, 5) is 22.3. The van der Waals surface area contributed by atoms with Gasteiger partial charge in [-0.15, -0.1) is 0 Å². The predicted molar refractivity (Wildman–Crippen MR) is 68.0 cm³/mol. The first-order valence-electron chi connectivity index (χ1n) is 5.50. The molecule has 1 amide bonds. The summed E-state index contributed by atoms with van der Waals surface area (Å²) < 4.78 is 5.04. The van der Waals surface area contributed by atoms with Crippen molar-refractivity contribution >= 4 is 17.7 Å². The van der Waals surface area contributed by atoms with Gasteiger partial charge in [-0.25, -0.2) is 9.59 Å². The molecule has 0 fully saturated rings. The van der Waals surface area contributed by atoms with Gasteiger partial charge in [0, 0.05) is 0 Å². The van der Waals surface area contributed by atoms with Crippen LogP contribution in [0, 0.1) is 11.3 Å². The normalized spacial score (nSPS) is 10.4. The molecule has 0 aliphatic rings. The number of benzene rings is 1. The number of aromatic carboxylic acids is 1. The molecule has 0 saturated heterocycles. The molecule has 6 heteroatoms. The van der Waals surface area contributed by atoms with Gasteiger partial charge in [-0.3, -0.25) is 5.32 Å². The number of carboxylic acid groups (broad SMARTS) is 1. The van der Waals surface area contributed by atoms with Gasteiger partial charge in [-0.05, 0) is 39.0 Å². The molecule has 1 aromatic rings. The molecule has 0 aromatic heterocycles. The van der Waals surface area contributed by atoms with E-state index < -0.39 is 17.7 Å². The number of nitriles is 1. The molecule has 100 valence electrons. The second-order valence-electron chi connectivity index (χ2n) is 4.80. The number of hydrogen-bond donors (Lipinski definition) is 2. The van der Waals surface area contributed by atoms with Gasteiger partial charge in [0.15, 0.2) is 0 Å². The fourth-order valence-electron chi connectivity index (χ4n) is 1.29. The van der Waals surface area contributed by atoms with E-state index in [4.69, 9.17) is 15.1 Å². The van der Waals surface area contributed by atoms with Crippen molar-refractivity contribution < 1.29 is 19.4 Å². The Morgan fingerprint density at radius 1 is 1.37 bits per heavy atom. The third-order valence-electron chi connectivity index (χ3n) is 2.02. The molecular formula is C13H14N2O4. The molecule has 2 N–H and O–H groups in total. The SMILES string of the molecule is CC(C)(C)OC(=O)Nc1ccc(C(=O)O)cc1C#N. The molecule has 0 unspecified atom stereocenters. The lowest BCUT2D eigenvalue weighted by molar-refractivity contribution is 0.0634. The third kappa shape index (κ3) is 4.32. The van der Waals surface area contributed by atoms with E-state index in [1.807, 2.05) is 6.07 Å². The van der Waals surface area contributed by atoms with Crippen molar-refractivity contribution in [2.24, 2.45) is 0 Å². The van der Waals surface area contributed by atoms with Gasteiger partial charge in [0.05, 0.1) is 16.8 Å². The van der Waals surface area contributed by atoms with Gasteiger partial charge in [-0.2, -0.15) is 5.26 Å². The highest BCUT2D eigenvalue weighted by atomic mass is 16.6. The molecule has 19 heavy (non-hydrogen) atoms. The standard InChI is InChI=1S/C13H14N2O4/c1-13(2,3)19-12(18)15-10-5-4-8(11(16)17)6-9(10)7-14/h4-6H,1-3H3,(H,15,18)(H,16,17). The molecule has 6 nitrogen and oxygen atoms in total. The fraction of sp³-hybridized carbons (Fsp3) is 0.308. The lowest BCUT2D eigenvalue weighted by Crippen LogP contribution is -2.27. The molecule has 0 aliphatic carbocycles. The fourth-order valence-corrected chi connectivity index (χ4v) is 1.29. The Morgan fingerprint density at radius 2 is 2.00 bits per heavy atom. The Labute approximate surface area is 110 Å². The topological polar surface area (TPSA) is 99.4 Å². The summed E-state index contributed by atoms with van der Waals surface area (Å²) in [5.41, 5.74) is -0.406.